The number of amides is 1. The van der Waals surface area contributed by atoms with Gasteiger partial charge in [0.25, 0.3) is 0 Å². The molecule has 0 aromatic heterocycles. The van der Waals surface area contributed by atoms with Gasteiger partial charge in [-0.1, -0.05) is 41.1 Å². The molecule has 110 valence electrons. The van der Waals surface area contributed by atoms with Crippen LogP contribution in [0.25, 0.3) is 0 Å². The summed E-state index contributed by atoms with van der Waals surface area (Å²) in [5, 5.41) is 8.91. The molecule has 1 N–H and O–H groups in total. The number of aliphatic carboxylic acids is 1. The van der Waals surface area contributed by atoms with E-state index in [2.05, 4.69) is 15.9 Å². The van der Waals surface area contributed by atoms with Crippen molar-refractivity contribution < 1.29 is 14.7 Å². The SMILES string of the molecule is CCC(C)N(CC(=O)O)C(=O)CCc1ccccc1Br. The van der Waals surface area contributed by atoms with E-state index in [0.29, 0.717) is 12.8 Å². The van der Waals surface area contributed by atoms with E-state index >= 15 is 0 Å². The Labute approximate surface area is 127 Å². The molecule has 1 atom stereocenters. The summed E-state index contributed by atoms with van der Waals surface area (Å²) in [7, 11) is 0. The van der Waals surface area contributed by atoms with Gasteiger partial charge in [-0.3, -0.25) is 9.59 Å². The van der Waals surface area contributed by atoms with Gasteiger partial charge in [0.15, 0.2) is 0 Å². The van der Waals surface area contributed by atoms with Gasteiger partial charge in [0.1, 0.15) is 6.54 Å². The van der Waals surface area contributed by atoms with Crippen molar-refractivity contribution in [3.63, 3.8) is 0 Å². The zero-order valence-corrected chi connectivity index (χ0v) is 13.4. The summed E-state index contributed by atoms with van der Waals surface area (Å²) in [6.45, 7) is 3.59. The van der Waals surface area contributed by atoms with Gasteiger partial charge in [-0.25, -0.2) is 0 Å². The van der Waals surface area contributed by atoms with Crippen LogP contribution in [-0.4, -0.2) is 34.5 Å². The number of carbonyl (C=O) groups is 2. The highest BCUT2D eigenvalue weighted by Crippen LogP contribution is 2.18. The second-order valence-corrected chi connectivity index (χ2v) is 5.62. The second-order valence-electron chi connectivity index (χ2n) is 4.76. The van der Waals surface area contributed by atoms with Gasteiger partial charge >= 0.3 is 5.97 Å². The summed E-state index contributed by atoms with van der Waals surface area (Å²) in [4.78, 5) is 24.5. The number of hydrogen-bond donors (Lipinski definition) is 1. The van der Waals surface area contributed by atoms with Crippen molar-refractivity contribution in [1.82, 2.24) is 4.90 Å². The highest BCUT2D eigenvalue weighted by molar-refractivity contribution is 9.10. The Kier molecular flexibility index (Phi) is 6.71. The standard InChI is InChI=1S/C15H20BrNO3/c1-3-11(2)17(10-15(19)20)14(18)9-8-12-6-4-5-7-13(12)16/h4-7,11H,3,8-10H2,1-2H3,(H,19,20). The summed E-state index contributed by atoms with van der Waals surface area (Å²) in [5.41, 5.74) is 1.06. The molecule has 0 saturated carbocycles. The van der Waals surface area contributed by atoms with Gasteiger partial charge in [-0.05, 0) is 31.4 Å². The van der Waals surface area contributed by atoms with Crippen molar-refractivity contribution >= 4 is 27.8 Å². The molecule has 1 rings (SSSR count). The molecule has 0 bridgehead atoms. The largest absolute Gasteiger partial charge is 0.480 e. The Bertz CT molecular complexity index is 476. The van der Waals surface area contributed by atoms with Crippen LogP contribution >= 0.6 is 15.9 Å². The number of benzene rings is 1. The molecule has 0 aliphatic carbocycles. The van der Waals surface area contributed by atoms with Gasteiger partial charge in [-0.15, -0.1) is 0 Å². The minimum atomic E-state index is -0.973. The summed E-state index contributed by atoms with van der Waals surface area (Å²) in [6.07, 6.45) is 1.67. The minimum absolute atomic E-state index is 0.0576. The van der Waals surface area contributed by atoms with Crippen molar-refractivity contribution in [3.8, 4) is 0 Å². The monoisotopic (exact) mass is 341 g/mol. The van der Waals surface area contributed by atoms with Gasteiger partial charge in [-0.2, -0.15) is 0 Å². The highest BCUT2D eigenvalue weighted by Gasteiger charge is 2.21. The molecule has 0 heterocycles. The van der Waals surface area contributed by atoms with E-state index in [1.54, 1.807) is 0 Å². The van der Waals surface area contributed by atoms with Crippen molar-refractivity contribution in [1.29, 1.82) is 0 Å². The van der Waals surface area contributed by atoms with Gasteiger partial charge < -0.3 is 10.0 Å². The first kappa shape index (κ1) is 16.7. The lowest BCUT2D eigenvalue weighted by molar-refractivity contribution is -0.146. The predicted octanol–water partition coefficient (Wildman–Crippen LogP) is 3.09. The molecule has 20 heavy (non-hydrogen) atoms. The maximum atomic E-state index is 12.2. The number of carboxylic acids is 1. The lowest BCUT2D eigenvalue weighted by Gasteiger charge is -2.27. The van der Waals surface area contributed by atoms with Gasteiger partial charge in [0.2, 0.25) is 5.91 Å². The molecule has 1 aromatic carbocycles. The van der Waals surface area contributed by atoms with Crippen LogP contribution in [-0.2, 0) is 16.0 Å². The minimum Gasteiger partial charge on any atom is -0.480 e. The van der Waals surface area contributed by atoms with Gasteiger partial charge in [0, 0.05) is 16.9 Å². The smallest absolute Gasteiger partial charge is 0.323 e. The summed E-state index contributed by atoms with van der Waals surface area (Å²) in [6, 6.07) is 7.68. The molecule has 1 aromatic rings. The number of rotatable bonds is 7. The highest BCUT2D eigenvalue weighted by atomic mass is 79.9. The topological polar surface area (TPSA) is 57.6 Å². The molecule has 5 heteroatoms. The van der Waals surface area contributed by atoms with Crippen LogP contribution in [0.5, 0.6) is 0 Å². The molecule has 0 saturated heterocycles. The number of nitrogens with zero attached hydrogens (tertiary/aromatic N) is 1. The van der Waals surface area contributed by atoms with E-state index in [9.17, 15) is 9.59 Å². The van der Waals surface area contributed by atoms with Crippen LogP contribution in [0.4, 0.5) is 0 Å². The zero-order chi connectivity index (χ0) is 15.1. The molecular weight excluding hydrogens is 322 g/mol. The quantitative estimate of drug-likeness (QED) is 0.828. The van der Waals surface area contributed by atoms with Crippen LogP contribution in [0.15, 0.2) is 28.7 Å². The number of carboxylic acid groups (broad SMARTS) is 1. The van der Waals surface area contributed by atoms with E-state index in [1.807, 2.05) is 38.1 Å². The molecule has 0 fully saturated rings. The van der Waals surface area contributed by atoms with E-state index in [1.165, 1.54) is 4.90 Å². The fourth-order valence-electron chi connectivity index (χ4n) is 1.94. The molecule has 0 aliphatic heterocycles. The average molecular weight is 342 g/mol. The molecule has 0 spiro atoms. The molecular formula is C15H20BrNO3. The van der Waals surface area contributed by atoms with Crippen LogP contribution in [0.1, 0.15) is 32.3 Å². The fraction of sp³-hybridized carbons (Fsp3) is 0.467. The van der Waals surface area contributed by atoms with Crippen molar-refractivity contribution in [2.75, 3.05) is 6.54 Å². The van der Waals surface area contributed by atoms with Crippen molar-refractivity contribution in [3.05, 3.63) is 34.3 Å². The molecule has 0 aliphatic rings. The first-order chi connectivity index (χ1) is 9.45. The first-order valence-electron chi connectivity index (χ1n) is 6.70. The molecule has 0 radical (unpaired) electrons. The Morgan fingerprint density at radius 3 is 2.55 bits per heavy atom. The summed E-state index contributed by atoms with van der Waals surface area (Å²) >= 11 is 3.45. The fourth-order valence-corrected chi connectivity index (χ4v) is 2.43. The number of halogens is 1. The maximum absolute atomic E-state index is 12.2. The Hall–Kier alpha value is -1.36. The normalized spacial score (nSPS) is 11.9. The summed E-state index contributed by atoms with van der Waals surface area (Å²) < 4.78 is 0.973. The van der Waals surface area contributed by atoms with E-state index in [0.717, 1.165) is 16.5 Å². The molecule has 4 nitrogen and oxygen atoms in total. The average Bonchev–Trinajstić information content (AvgIpc) is 2.42. The van der Waals surface area contributed by atoms with E-state index < -0.39 is 5.97 Å². The molecule has 1 unspecified atom stereocenters. The van der Waals surface area contributed by atoms with Crippen LogP contribution in [0.3, 0.4) is 0 Å². The third kappa shape index (κ3) is 4.96. The van der Waals surface area contributed by atoms with Crippen LogP contribution in [0, 0.1) is 0 Å². The van der Waals surface area contributed by atoms with Crippen LogP contribution < -0.4 is 0 Å². The Balaban J connectivity index is 2.67. The predicted molar refractivity (Wildman–Crippen MR) is 81.6 cm³/mol. The van der Waals surface area contributed by atoms with Crippen LogP contribution in [0.2, 0.25) is 0 Å². The van der Waals surface area contributed by atoms with Crippen molar-refractivity contribution in [2.45, 2.75) is 39.2 Å². The maximum Gasteiger partial charge on any atom is 0.323 e. The summed E-state index contributed by atoms with van der Waals surface area (Å²) in [5.74, 6) is -1.09. The lowest BCUT2D eigenvalue weighted by Crippen LogP contribution is -2.41. The Morgan fingerprint density at radius 1 is 1.35 bits per heavy atom. The van der Waals surface area contributed by atoms with E-state index in [4.69, 9.17) is 5.11 Å². The van der Waals surface area contributed by atoms with Crippen molar-refractivity contribution in [2.24, 2.45) is 0 Å². The second kappa shape index (κ2) is 8.04. The lowest BCUT2D eigenvalue weighted by atomic mass is 10.1. The first-order valence-corrected chi connectivity index (χ1v) is 7.49. The zero-order valence-electron chi connectivity index (χ0n) is 11.8. The van der Waals surface area contributed by atoms with E-state index in [-0.39, 0.29) is 18.5 Å². The molecule has 1 amide bonds. The third-order valence-corrected chi connectivity index (χ3v) is 4.09. The number of carbonyl (C=O) groups excluding carboxylic acids is 1. The number of aryl methyl sites for hydroxylation is 1. The van der Waals surface area contributed by atoms with Gasteiger partial charge in [0.05, 0.1) is 0 Å². The number of hydrogen-bond acceptors (Lipinski definition) is 2. The Morgan fingerprint density at radius 2 is 2.00 bits per heavy atom. The third-order valence-electron chi connectivity index (χ3n) is 3.31.